The number of nitrogens with zero attached hydrogens (tertiary/aromatic N) is 3. The molecule has 7 nitrogen and oxygen atoms in total. The van der Waals surface area contributed by atoms with Gasteiger partial charge in [0.2, 0.25) is 0 Å². The summed E-state index contributed by atoms with van der Waals surface area (Å²) in [4.78, 5) is 7.13. The Morgan fingerprint density at radius 1 is 1.10 bits per heavy atom. The molecule has 1 spiro atoms. The van der Waals surface area contributed by atoms with Crippen LogP contribution in [-0.4, -0.2) is 106 Å². The number of hydrogen-bond acceptors (Lipinski definition) is 7. The maximum atomic E-state index is 10.4. The monoisotopic (exact) mass is 405 g/mol. The van der Waals surface area contributed by atoms with Crippen molar-refractivity contribution in [3.63, 3.8) is 0 Å². The standard InChI is InChI=1S/C22H35N3O4/c1-23-14-22(15-23)16-25(17-22)11-18-4-5-20(27-2)21(10-18)29-13-19(26)12-24-6-3-8-28-9-7-24/h4-5,10,19,26H,3,6-9,11-17H2,1-2H3. The minimum absolute atomic E-state index is 0.260. The average Bonchev–Trinajstić information content (AvgIpc) is 2.92. The minimum Gasteiger partial charge on any atom is -0.493 e. The molecular formula is C22H35N3O4. The Hall–Kier alpha value is -1.38. The van der Waals surface area contributed by atoms with E-state index in [0.717, 1.165) is 39.3 Å². The molecule has 3 heterocycles. The van der Waals surface area contributed by atoms with E-state index in [9.17, 15) is 5.11 Å². The maximum Gasteiger partial charge on any atom is 0.161 e. The Kier molecular flexibility index (Phi) is 6.61. The van der Waals surface area contributed by atoms with E-state index in [1.807, 2.05) is 6.07 Å². The van der Waals surface area contributed by atoms with Crippen molar-refractivity contribution >= 4 is 0 Å². The van der Waals surface area contributed by atoms with Gasteiger partial charge in [0.25, 0.3) is 0 Å². The fourth-order valence-corrected chi connectivity index (χ4v) is 5.02. The Balaban J connectivity index is 1.27. The largest absolute Gasteiger partial charge is 0.493 e. The Labute approximate surface area is 174 Å². The summed E-state index contributed by atoms with van der Waals surface area (Å²) in [5, 5.41) is 10.4. The van der Waals surface area contributed by atoms with Crippen LogP contribution in [-0.2, 0) is 11.3 Å². The van der Waals surface area contributed by atoms with Crippen molar-refractivity contribution in [2.45, 2.75) is 19.1 Å². The van der Waals surface area contributed by atoms with Crippen LogP contribution in [0.1, 0.15) is 12.0 Å². The number of methoxy groups -OCH3 is 1. The van der Waals surface area contributed by atoms with Crippen LogP contribution < -0.4 is 9.47 Å². The molecule has 1 atom stereocenters. The molecule has 1 aromatic carbocycles. The fourth-order valence-electron chi connectivity index (χ4n) is 5.02. The molecule has 0 amide bonds. The summed E-state index contributed by atoms with van der Waals surface area (Å²) in [6, 6.07) is 6.14. The quantitative estimate of drug-likeness (QED) is 0.690. The Morgan fingerprint density at radius 3 is 2.69 bits per heavy atom. The number of ether oxygens (including phenoxy) is 3. The zero-order valence-corrected chi connectivity index (χ0v) is 17.8. The number of hydrogen-bond donors (Lipinski definition) is 1. The third kappa shape index (κ3) is 5.22. The molecule has 162 valence electrons. The van der Waals surface area contributed by atoms with Gasteiger partial charge in [-0.3, -0.25) is 9.80 Å². The number of rotatable bonds is 8. The molecule has 1 unspecified atom stereocenters. The van der Waals surface area contributed by atoms with Gasteiger partial charge in [0.15, 0.2) is 11.5 Å². The van der Waals surface area contributed by atoms with Crippen molar-refractivity contribution < 1.29 is 19.3 Å². The predicted molar refractivity (Wildman–Crippen MR) is 112 cm³/mol. The van der Waals surface area contributed by atoms with E-state index in [4.69, 9.17) is 14.2 Å². The number of aliphatic hydroxyl groups is 1. The van der Waals surface area contributed by atoms with Crippen molar-refractivity contribution in [2.24, 2.45) is 5.41 Å². The highest BCUT2D eigenvalue weighted by molar-refractivity contribution is 5.43. The molecule has 29 heavy (non-hydrogen) atoms. The molecule has 3 aliphatic heterocycles. The van der Waals surface area contributed by atoms with Crippen molar-refractivity contribution in [3.8, 4) is 11.5 Å². The second-order valence-electron chi connectivity index (χ2n) is 9.03. The van der Waals surface area contributed by atoms with E-state index in [1.54, 1.807) is 7.11 Å². The van der Waals surface area contributed by atoms with E-state index in [0.29, 0.717) is 23.5 Å². The summed E-state index contributed by atoms with van der Waals surface area (Å²) in [6.07, 6.45) is 0.477. The molecule has 0 aliphatic carbocycles. The SMILES string of the molecule is COc1ccc(CN2CC3(CN(C)C3)C2)cc1OCC(O)CN1CCCOCC1. The van der Waals surface area contributed by atoms with E-state index < -0.39 is 6.10 Å². The fraction of sp³-hybridized carbons (Fsp3) is 0.727. The molecule has 3 saturated heterocycles. The maximum absolute atomic E-state index is 10.4. The van der Waals surface area contributed by atoms with E-state index in [2.05, 4.69) is 33.9 Å². The first kappa shape index (κ1) is 20.9. The minimum atomic E-state index is -0.535. The number of likely N-dealkylation sites (tertiary alicyclic amines) is 2. The summed E-state index contributed by atoms with van der Waals surface area (Å²) < 4.78 is 16.9. The molecule has 0 bridgehead atoms. The van der Waals surface area contributed by atoms with Crippen molar-refractivity contribution in [1.29, 1.82) is 0 Å². The molecule has 7 heteroatoms. The van der Waals surface area contributed by atoms with Gasteiger partial charge in [-0.25, -0.2) is 0 Å². The molecule has 0 radical (unpaired) electrons. The van der Waals surface area contributed by atoms with E-state index in [1.165, 1.54) is 31.7 Å². The van der Waals surface area contributed by atoms with Gasteiger partial charge < -0.3 is 24.2 Å². The molecule has 3 aliphatic rings. The third-order valence-electron chi connectivity index (χ3n) is 6.18. The van der Waals surface area contributed by atoms with Crippen molar-refractivity contribution in [2.75, 3.05) is 79.8 Å². The molecule has 0 saturated carbocycles. The van der Waals surface area contributed by atoms with Gasteiger partial charge >= 0.3 is 0 Å². The second-order valence-corrected chi connectivity index (χ2v) is 9.03. The lowest BCUT2D eigenvalue weighted by Gasteiger charge is -2.59. The number of β-amino-alcohol motifs (C(OH)–C–C–N with tert-alkyl or cyclic N) is 1. The van der Waals surface area contributed by atoms with Crippen molar-refractivity contribution in [1.82, 2.24) is 14.7 Å². The van der Waals surface area contributed by atoms with Crippen LogP contribution in [0.5, 0.6) is 11.5 Å². The lowest BCUT2D eigenvalue weighted by molar-refractivity contribution is -0.107. The molecule has 4 rings (SSSR count). The van der Waals surface area contributed by atoms with Crippen LogP contribution in [0.4, 0.5) is 0 Å². The first-order valence-electron chi connectivity index (χ1n) is 10.7. The molecule has 1 aromatic rings. The first-order chi connectivity index (χ1) is 14.0. The zero-order valence-electron chi connectivity index (χ0n) is 17.8. The van der Waals surface area contributed by atoms with Crippen LogP contribution in [0.25, 0.3) is 0 Å². The summed E-state index contributed by atoms with van der Waals surface area (Å²) in [5.41, 5.74) is 1.77. The van der Waals surface area contributed by atoms with Gasteiger partial charge in [0.05, 0.1) is 13.7 Å². The Morgan fingerprint density at radius 2 is 1.93 bits per heavy atom. The first-order valence-corrected chi connectivity index (χ1v) is 10.7. The molecule has 1 N–H and O–H groups in total. The highest BCUT2D eigenvalue weighted by atomic mass is 16.5. The smallest absolute Gasteiger partial charge is 0.161 e. The van der Waals surface area contributed by atoms with Gasteiger partial charge in [0.1, 0.15) is 12.7 Å². The summed E-state index contributed by atoms with van der Waals surface area (Å²) in [7, 11) is 3.85. The highest BCUT2D eigenvalue weighted by Gasteiger charge is 2.49. The van der Waals surface area contributed by atoms with Gasteiger partial charge in [0, 0.05) is 64.4 Å². The van der Waals surface area contributed by atoms with Crippen LogP contribution >= 0.6 is 0 Å². The topological polar surface area (TPSA) is 57.6 Å². The second kappa shape index (κ2) is 9.18. The van der Waals surface area contributed by atoms with Crippen LogP contribution in [0, 0.1) is 5.41 Å². The number of aliphatic hydroxyl groups excluding tert-OH is 1. The van der Waals surface area contributed by atoms with Gasteiger partial charge in [-0.1, -0.05) is 6.07 Å². The lowest BCUT2D eigenvalue weighted by Crippen LogP contribution is -2.70. The summed E-state index contributed by atoms with van der Waals surface area (Å²) in [5.74, 6) is 1.42. The van der Waals surface area contributed by atoms with E-state index in [-0.39, 0.29) is 6.61 Å². The average molecular weight is 406 g/mol. The van der Waals surface area contributed by atoms with Crippen molar-refractivity contribution in [3.05, 3.63) is 23.8 Å². The summed E-state index contributed by atoms with van der Waals surface area (Å²) >= 11 is 0. The normalized spacial score (nSPS) is 23.8. The van der Waals surface area contributed by atoms with Crippen LogP contribution in [0.15, 0.2) is 18.2 Å². The highest BCUT2D eigenvalue weighted by Crippen LogP contribution is 2.39. The van der Waals surface area contributed by atoms with Gasteiger partial charge in [-0.15, -0.1) is 0 Å². The molecular weight excluding hydrogens is 370 g/mol. The number of benzene rings is 1. The molecule has 3 fully saturated rings. The van der Waals surface area contributed by atoms with Gasteiger partial charge in [-0.05, 0) is 31.2 Å². The van der Waals surface area contributed by atoms with Gasteiger partial charge in [-0.2, -0.15) is 0 Å². The lowest BCUT2D eigenvalue weighted by atomic mass is 9.73. The van der Waals surface area contributed by atoms with Crippen LogP contribution in [0.2, 0.25) is 0 Å². The third-order valence-corrected chi connectivity index (χ3v) is 6.18. The van der Waals surface area contributed by atoms with Crippen LogP contribution in [0.3, 0.4) is 0 Å². The predicted octanol–water partition coefficient (Wildman–Crippen LogP) is 0.905. The van der Waals surface area contributed by atoms with E-state index >= 15 is 0 Å². The summed E-state index contributed by atoms with van der Waals surface area (Å²) in [6.45, 7) is 9.97. The zero-order chi connectivity index (χ0) is 20.3. The Bertz CT molecular complexity index is 664. The molecule has 0 aromatic heterocycles.